The molecule has 1 aromatic rings. The van der Waals surface area contributed by atoms with Gasteiger partial charge in [-0.15, -0.1) is 0 Å². The summed E-state index contributed by atoms with van der Waals surface area (Å²) >= 11 is 3.48. The number of benzene rings is 1. The van der Waals surface area contributed by atoms with Crippen LogP contribution in [0.1, 0.15) is 38.3 Å². The first kappa shape index (κ1) is 11.7. The molecule has 2 heteroatoms. The molecule has 1 rings (SSSR count). The standard InChI is InChI=1S/C12H18BrN/c1-3-4-8-14-10(2)11-6-5-7-12(13)9-11/h5-7,9-10,14H,3-4,8H2,1-2H3. The van der Waals surface area contributed by atoms with Crippen LogP contribution in [-0.2, 0) is 0 Å². The lowest BCUT2D eigenvalue weighted by Gasteiger charge is -2.14. The number of nitrogens with one attached hydrogen (secondary N) is 1. The fraction of sp³-hybridized carbons (Fsp3) is 0.500. The molecule has 0 fully saturated rings. The Kier molecular flexibility index (Phi) is 5.20. The van der Waals surface area contributed by atoms with Crippen LogP contribution >= 0.6 is 15.9 Å². The highest BCUT2D eigenvalue weighted by Crippen LogP contribution is 2.17. The molecule has 78 valence electrons. The SMILES string of the molecule is CCCCNC(C)c1cccc(Br)c1. The number of unbranched alkanes of at least 4 members (excludes halogenated alkanes) is 1. The zero-order valence-electron chi connectivity index (χ0n) is 8.89. The third kappa shape index (κ3) is 3.81. The minimum absolute atomic E-state index is 0.444. The fourth-order valence-corrected chi connectivity index (χ4v) is 1.81. The van der Waals surface area contributed by atoms with Crippen LogP contribution in [0.3, 0.4) is 0 Å². The summed E-state index contributed by atoms with van der Waals surface area (Å²) in [5.41, 5.74) is 1.34. The molecule has 0 aliphatic rings. The summed E-state index contributed by atoms with van der Waals surface area (Å²) in [4.78, 5) is 0. The molecule has 0 aliphatic heterocycles. The van der Waals surface area contributed by atoms with E-state index in [0.717, 1.165) is 11.0 Å². The van der Waals surface area contributed by atoms with Crippen molar-refractivity contribution in [3.63, 3.8) is 0 Å². The third-order valence-corrected chi connectivity index (χ3v) is 2.82. The van der Waals surface area contributed by atoms with Crippen molar-refractivity contribution < 1.29 is 0 Å². The van der Waals surface area contributed by atoms with Crippen molar-refractivity contribution >= 4 is 15.9 Å². The molecule has 0 amide bonds. The number of rotatable bonds is 5. The molecule has 1 aromatic carbocycles. The highest BCUT2D eigenvalue weighted by Gasteiger charge is 2.03. The van der Waals surface area contributed by atoms with E-state index in [1.807, 2.05) is 0 Å². The first-order valence-electron chi connectivity index (χ1n) is 5.23. The molecule has 0 radical (unpaired) electrons. The highest BCUT2D eigenvalue weighted by atomic mass is 79.9. The average Bonchev–Trinajstić information content (AvgIpc) is 2.18. The van der Waals surface area contributed by atoms with E-state index in [4.69, 9.17) is 0 Å². The van der Waals surface area contributed by atoms with E-state index in [9.17, 15) is 0 Å². The van der Waals surface area contributed by atoms with Crippen molar-refractivity contribution in [1.82, 2.24) is 5.32 Å². The van der Waals surface area contributed by atoms with Crippen LogP contribution in [0.2, 0.25) is 0 Å². The summed E-state index contributed by atoms with van der Waals surface area (Å²) in [5.74, 6) is 0. The van der Waals surface area contributed by atoms with Gasteiger partial charge in [0.15, 0.2) is 0 Å². The van der Waals surface area contributed by atoms with Crippen molar-refractivity contribution in [3.8, 4) is 0 Å². The average molecular weight is 256 g/mol. The van der Waals surface area contributed by atoms with Gasteiger partial charge >= 0.3 is 0 Å². The first-order valence-corrected chi connectivity index (χ1v) is 6.02. The van der Waals surface area contributed by atoms with E-state index in [2.05, 4.69) is 59.4 Å². The summed E-state index contributed by atoms with van der Waals surface area (Å²) in [5, 5.41) is 3.51. The van der Waals surface area contributed by atoms with Gasteiger partial charge < -0.3 is 5.32 Å². The Morgan fingerprint density at radius 2 is 2.21 bits per heavy atom. The zero-order valence-corrected chi connectivity index (χ0v) is 10.5. The Bertz CT molecular complexity index is 273. The van der Waals surface area contributed by atoms with Gasteiger partial charge in [-0.2, -0.15) is 0 Å². The van der Waals surface area contributed by atoms with E-state index in [0.29, 0.717) is 6.04 Å². The molecule has 0 saturated heterocycles. The third-order valence-electron chi connectivity index (χ3n) is 2.33. The topological polar surface area (TPSA) is 12.0 Å². The monoisotopic (exact) mass is 255 g/mol. The van der Waals surface area contributed by atoms with Gasteiger partial charge in [-0.3, -0.25) is 0 Å². The quantitative estimate of drug-likeness (QED) is 0.788. The summed E-state index contributed by atoms with van der Waals surface area (Å²) < 4.78 is 1.15. The minimum atomic E-state index is 0.444. The van der Waals surface area contributed by atoms with Gasteiger partial charge in [-0.05, 0) is 37.6 Å². The summed E-state index contributed by atoms with van der Waals surface area (Å²) in [6, 6.07) is 8.91. The molecular weight excluding hydrogens is 238 g/mol. The largest absolute Gasteiger partial charge is 0.310 e. The molecule has 1 nitrogen and oxygen atoms in total. The molecule has 0 heterocycles. The van der Waals surface area contributed by atoms with Gasteiger partial charge in [0.1, 0.15) is 0 Å². The molecule has 1 atom stereocenters. The minimum Gasteiger partial charge on any atom is -0.310 e. The van der Waals surface area contributed by atoms with Gasteiger partial charge in [0.2, 0.25) is 0 Å². The van der Waals surface area contributed by atoms with Crippen LogP contribution < -0.4 is 5.32 Å². The lowest BCUT2D eigenvalue weighted by atomic mass is 10.1. The Hall–Kier alpha value is -0.340. The van der Waals surface area contributed by atoms with Gasteiger partial charge in [-0.25, -0.2) is 0 Å². The maximum atomic E-state index is 3.51. The van der Waals surface area contributed by atoms with Crippen molar-refractivity contribution in [1.29, 1.82) is 0 Å². The first-order chi connectivity index (χ1) is 6.74. The van der Waals surface area contributed by atoms with Crippen molar-refractivity contribution in [2.75, 3.05) is 6.54 Å². The lowest BCUT2D eigenvalue weighted by molar-refractivity contribution is 0.554. The molecule has 1 unspecified atom stereocenters. The summed E-state index contributed by atoms with van der Waals surface area (Å²) in [7, 11) is 0. The van der Waals surface area contributed by atoms with E-state index >= 15 is 0 Å². The Morgan fingerprint density at radius 3 is 2.86 bits per heavy atom. The molecule has 0 aromatic heterocycles. The van der Waals surface area contributed by atoms with E-state index in [1.165, 1.54) is 18.4 Å². The highest BCUT2D eigenvalue weighted by molar-refractivity contribution is 9.10. The molecule has 14 heavy (non-hydrogen) atoms. The fourth-order valence-electron chi connectivity index (χ4n) is 1.39. The Balaban J connectivity index is 2.47. The maximum absolute atomic E-state index is 3.51. The van der Waals surface area contributed by atoms with Crippen LogP contribution in [-0.4, -0.2) is 6.54 Å². The van der Waals surface area contributed by atoms with E-state index < -0.39 is 0 Å². The van der Waals surface area contributed by atoms with E-state index in [-0.39, 0.29) is 0 Å². The van der Waals surface area contributed by atoms with Gasteiger partial charge in [-0.1, -0.05) is 41.4 Å². The predicted molar refractivity (Wildman–Crippen MR) is 65.5 cm³/mol. The molecule has 0 saturated carbocycles. The van der Waals surface area contributed by atoms with Crippen LogP contribution in [0, 0.1) is 0 Å². The molecule has 0 bridgehead atoms. The Labute approximate surface area is 95.0 Å². The smallest absolute Gasteiger partial charge is 0.0292 e. The molecular formula is C12H18BrN. The molecule has 0 aliphatic carbocycles. The van der Waals surface area contributed by atoms with Gasteiger partial charge in [0.05, 0.1) is 0 Å². The zero-order chi connectivity index (χ0) is 10.4. The second-order valence-electron chi connectivity index (χ2n) is 3.58. The number of halogens is 1. The summed E-state index contributed by atoms with van der Waals surface area (Å²) in [6.45, 7) is 5.52. The molecule has 1 N–H and O–H groups in total. The number of hydrogen-bond donors (Lipinski definition) is 1. The van der Waals surface area contributed by atoms with Crippen molar-refractivity contribution in [2.45, 2.75) is 32.7 Å². The van der Waals surface area contributed by atoms with E-state index in [1.54, 1.807) is 0 Å². The van der Waals surface area contributed by atoms with Crippen LogP contribution in [0.5, 0.6) is 0 Å². The predicted octanol–water partition coefficient (Wildman–Crippen LogP) is 3.90. The molecule has 0 spiro atoms. The van der Waals surface area contributed by atoms with Crippen molar-refractivity contribution in [3.05, 3.63) is 34.3 Å². The van der Waals surface area contributed by atoms with Crippen molar-refractivity contribution in [2.24, 2.45) is 0 Å². The van der Waals surface area contributed by atoms with Gasteiger partial charge in [0, 0.05) is 10.5 Å². The maximum Gasteiger partial charge on any atom is 0.0292 e. The Morgan fingerprint density at radius 1 is 1.43 bits per heavy atom. The lowest BCUT2D eigenvalue weighted by Crippen LogP contribution is -2.19. The van der Waals surface area contributed by atoms with Crippen LogP contribution in [0.15, 0.2) is 28.7 Å². The second-order valence-corrected chi connectivity index (χ2v) is 4.50. The second kappa shape index (κ2) is 6.20. The van der Waals surface area contributed by atoms with Crippen LogP contribution in [0.4, 0.5) is 0 Å². The normalized spacial score (nSPS) is 12.8. The van der Waals surface area contributed by atoms with Crippen LogP contribution in [0.25, 0.3) is 0 Å². The number of hydrogen-bond acceptors (Lipinski definition) is 1. The van der Waals surface area contributed by atoms with Gasteiger partial charge in [0.25, 0.3) is 0 Å². The summed E-state index contributed by atoms with van der Waals surface area (Å²) in [6.07, 6.45) is 2.50.